The van der Waals surface area contributed by atoms with E-state index in [4.69, 9.17) is 4.74 Å². The first kappa shape index (κ1) is 23.1. The Morgan fingerprint density at radius 2 is 2.00 bits per heavy atom. The molecule has 4 aliphatic heterocycles. The molecule has 0 spiro atoms. The van der Waals surface area contributed by atoms with Crippen LogP contribution in [0, 0.1) is 11.8 Å². The Morgan fingerprint density at radius 1 is 1.20 bits per heavy atom. The predicted molar refractivity (Wildman–Crippen MR) is 127 cm³/mol. The van der Waals surface area contributed by atoms with Gasteiger partial charge in [-0.2, -0.15) is 5.10 Å². The number of fused-ring (bicyclic) bond motifs is 5. The molecule has 5 rings (SSSR count). The molecule has 10 heteroatoms. The van der Waals surface area contributed by atoms with Gasteiger partial charge in [0.15, 0.2) is 0 Å². The molecule has 1 saturated heterocycles. The number of nitrogens with one attached hydrogen (secondary N) is 1. The number of piperidine rings is 1. The minimum Gasteiger partial charge on any atom is -0.465 e. The van der Waals surface area contributed by atoms with Crippen molar-refractivity contribution in [3.63, 3.8) is 0 Å². The standard InChI is InChI=1S/C25H29N5O5/c1-4-14(2)22(28-12-17-21(26-27-23(17)32)18(13-28)25(34)35-3)24(33)29-9-15-8-16(11-29)19-6-5-7-20(31)30(19)10-15/h5-7,12-16,22H,4,8-11H2,1-3H3,(H,27,32)/t14?,15-,16+,22?/m1/s1. The number of hydrogen-bond acceptors (Lipinski definition) is 6. The molecule has 0 radical (unpaired) electrons. The maximum Gasteiger partial charge on any atom is 0.341 e. The molecular weight excluding hydrogens is 450 g/mol. The van der Waals surface area contributed by atoms with Gasteiger partial charge in [0.1, 0.15) is 17.3 Å². The van der Waals surface area contributed by atoms with Crippen LogP contribution in [0.5, 0.6) is 0 Å². The van der Waals surface area contributed by atoms with Crippen molar-refractivity contribution < 1.29 is 14.3 Å². The van der Waals surface area contributed by atoms with Crippen LogP contribution in [0.2, 0.25) is 0 Å². The highest BCUT2D eigenvalue weighted by molar-refractivity contribution is 5.96. The molecule has 4 aliphatic rings. The van der Waals surface area contributed by atoms with E-state index in [0.29, 0.717) is 19.6 Å². The summed E-state index contributed by atoms with van der Waals surface area (Å²) < 4.78 is 8.43. The van der Waals surface area contributed by atoms with Crippen LogP contribution in [0.25, 0.3) is 11.3 Å². The number of nitrogens with zero attached hydrogens (tertiary/aromatic N) is 4. The van der Waals surface area contributed by atoms with Crippen LogP contribution < -0.4 is 11.1 Å². The Hall–Kier alpha value is -3.69. The number of methoxy groups -OCH3 is 1. The molecule has 10 nitrogen and oxygen atoms in total. The minimum absolute atomic E-state index is 0.00202. The van der Waals surface area contributed by atoms with Crippen molar-refractivity contribution in [2.45, 2.75) is 45.2 Å². The second kappa shape index (κ2) is 8.83. The molecule has 0 aliphatic carbocycles. The van der Waals surface area contributed by atoms with E-state index >= 15 is 0 Å². The van der Waals surface area contributed by atoms with E-state index in [1.807, 2.05) is 29.4 Å². The molecule has 1 aromatic rings. The number of amides is 1. The third kappa shape index (κ3) is 3.86. The average molecular weight is 480 g/mol. The summed E-state index contributed by atoms with van der Waals surface area (Å²) in [6.07, 6.45) is 4.83. The van der Waals surface area contributed by atoms with Gasteiger partial charge in [0.05, 0.1) is 12.7 Å². The number of rotatable bonds is 5. The first-order chi connectivity index (χ1) is 16.8. The van der Waals surface area contributed by atoms with E-state index in [-0.39, 0.29) is 46.0 Å². The van der Waals surface area contributed by atoms with Crippen LogP contribution in [0.4, 0.5) is 0 Å². The third-order valence-electron chi connectivity index (χ3n) is 7.53. The molecule has 1 amide bonds. The number of aromatic nitrogens is 4. The van der Waals surface area contributed by atoms with Gasteiger partial charge >= 0.3 is 5.97 Å². The highest BCUT2D eigenvalue weighted by Gasteiger charge is 2.40. The number of carbonyl (C=O) groups is 2. The van der Waals surface area contributed by atoms with Gasteiger partial charge in [-0.05, 0) is 24.3 Å². The Morgan fingerprint density at radius 3 is 2.74 bits per heavy atom. The summed E-state index contributed by atoms with van der Waals surface area (Å²) in [5, 5.41) is 6.37. The lowest BCUT2D eigenvalue weighted by molar-refractivity contribution is -0.139. The maximum atomic E-state index is 14.0. The molecule has 1 fully saturated rings. The summed E-state index contributed by atoms with van der Waals surface area (Å²) in [4.78, 5) is 53.2. The molecular formula is C25H29N5O5. The molecule has 35 heavy (non-hydrogen) atoms. The van der Waals surface area contributed by atoms with Gasteiger partial charge in [-0.15, -0.1) is 0 Å². The fourth-order valence-electron chi connectivity index (χ4n) is 5.63. The van der Waals surface area contributed by atoms with Crippen molar-refractivity contribution in [1.82, 2.24) is 24.2 Å². The second-order valence-corrected chi connectivity index (χ2v) is 9.70. The van der Waals surface area contributed by atoms with E-state index in [0.717, 1.165) is 18.5 Å². The van der Waals surface area contributed by atoms with Crippen LogP contribution in [0.3, 0.4) is 0 Å². The van der Waals surface area contributed by atoms with Crippen molar-refractivity contribution in [2.24, 2.45) is 11.8 Å². The smallest absolute Gasteiger partial charge is 0.341 e. The summed E-state index contributed by atoms with van der Waals surface area (Å²) in [7, 11) is 1.27. The highest BCUT2D eigenvalue weighted by Crippen LogP contribution is 2.37. The molecule has 1 N–H and O–H groups in total. The minimum atomic E-state index is -0.624. The number of ether oxygens (including phenoxy) is 1. The lowest BCUT2D eigenvalue weighted by Crippen LogP contribution is -2.51. The fourth-order valence-corrected chi connectivity index (χ4v) is 5.63. The van der Waals surface area contributed by atoms with Crippen LogP contribution in [0.1, 0.15) is 54.7 Å². The zero-order chi connectivity index (χ0) is 24.9. The van der Waals surface area contributed by atoms with Crippen LogP contribution >= 0.6 is 0 Å². The Labute approximate surface area is 201 Å². The molecule has 2 bridgehead atoms. The second-order valence-electron chi connectivity index (χ2n) is 9.70. The number of esters is 1. The van der Waals surface area contributed by atoms with Gasteiger partial charge < -0.3 is 18.8 Å². The molecule has 5 heterocycles. The summed E-state index contributed by atoms with van der Waals surface area (Å²) in [5.41, 5.74) is 1.14. The largest absolute Gasteiger partial charge is 0.465 e. The number of likely N-dealkylation sites (tertiary alicyclic amines) is 1. The summed E-state index contributed by atoms with van der Waals surface area (Å²) in [6.45, 7) is 5.69. The predicted octanol–water partition coefficient (Wildman–Crippen LogP) is 1.86. The van der Waals surface area contributed by atoms with Crippen molar-refractivity contribution in [1.29, 1.82) is 0 Å². The number of hydrogen-bond donors (Lipinski definition) is 1. The highest BCUT2D eigenvalue weighted by atomic mass is 16.5. The molecule has 4 atom stereocenters. The van der Waals surface area contributed by atoms with E-state index in [1.165, 1.54) is 7.11 Å². The van der Waals surface area contributed by atoms with Crippen molar-refractivity contribution in [2.75, 3.05) is 20.2 Å². The third-order valence-corrected chi connectivity index (χ3v) is 7.53. The lowest BCUT2D eigenvalue weighted by atomic mass is 9.82. The topological polar surface area (TPSA) is 119 Å². The van der Waals surface area contributed by atoms with Crippen LogP contribution in [-0.2, 0) is 16.1 Å². The number of H-pyrrole nitrogens is 1. The van der Waals surface area contributed by atoms with Gasteiger partial charge in [-0.1, -0.05) is 26.3 Å². The van der Waals surface area contributed by atoms with Crippen LogP contribution in [-0.4, -0.2) is 56.3 Å². The SMILES string of the molecule is CCC(C)C(C(=O)N1C[C@H]2C[C@@H](C1)c1cccc(=O)n1C2)n1cc(C(=O)OC)c2n[nH]c(=O)c-2c1. The Balaban J connectivity index is 1.54. The van der Waals surface area contributed by atoms with Crippen molar-refractivity contribution in [3.8, 4) is 11.3 Å². The molecule has 0 aromatic carbocycles. The Kier molecular flexibility index (Phi) is 5.82. The lowest BCUT2D eigenvalue weighted by Gasteiger charge is -2.44. The summed E-state index contributed by atoms with van der Waals surface area (Å²) >= 11 is 0. The monoisotopic (exact) mass is 479 g/mol. The number of carbonyl (C=O) groups excluding carboxylic acids is 2. The fraction of sp³-hybridized carbons (Fsp3) is 0.480. The average Bonchev–Trinajstić information content (AvgIpc) is 3.24. The molecule has 2 unspecified atom stereocenters. The van der Waals surface area contributed by atoms with Gasteiger partial charge in [0.2, 0.25) is 5.91 Å². The maximum absolute atomic E-state index is 14.0. The molecule has 0 saturated carbocycles. The summed E-state index contributed by atoms with van der Waals surface area (Å²) in [6, 6.07) is 4.72. The quantitative estimate of drug-likeness (QED) is 0.558. The van der Waals surface area contributed by atoms with Gasteiger partial charge in [0.25, 0.3) is 11.1 Å². The van der Waals surface area contributed by atoms with E-state index in [9.17, 15) is 19.2 Å². The molecule has 1 aromatic heterocycles. The van der Waals surface area contributed by atoms with E-state index < -0.39 is 17.6 Å². The van der Waals surface area contributed by atoms with Gasteiger partial charge in [-0.25, -0.2) is 9.89 Å². The first-order valence-electron chi connectivity index (χ1n) is 12.0. The normalized spacial score (nSPS) is 20.8. The van der Waals surface area contributed by atoms with Crippen molar-refractivity contribution >= 4 is 11.9 Å². The van der Waals surface area contributed by atoms with Crippen LogP contribution in [0.15, 0.2) is 40.2 Å². The van der Waals surface area contributed by atoms with Gasteiger partial charge in [-0.3, -0.25) is 14.4 Å². The first-order valence-corrected chi connectivity index (χ1v) is 12.0. The Bertz CT molecular complexity index is 1370. The van der Waals surface area contributed by atoms with E-state index in [2.05, 4.69) is 10.2 Å². The molecule has 184 valence electrons. The number of aromatic amines is 1. The summed E-state index contributed by atoms with van der Waals surface area (Å²) in [5.74, 6) is -0.451. The zero-order valence-electron chi connectivity index (χ0n) is 20.1. The van der Waals surface area contributed by atoms with E-state index in [1.54, 1.807) is 29.1 Å². The zero-order valence-corrected chi connectivity index (χ0v) is 20.1. The number of pyridine rings is 2. The van der Waals surface area contributed by atoms with Gasteiger partial charge in [0, 0.05) is 49.7 Å². The van der Waals surface area contributed by atoms with Crippen molar-refractivity contribution in [3.05, 3.63) is 62.6 Å².